The van der Waals surface area contributed by atoms with Gasteiger partial charge in [0, 0.05) is 18.7 Å². The van der Waals surface area contributed by atoms with E-state index < -0.39 is 0 Å². The molecule has 0 radical (unpaired) electrons. The van der Waals surface area contributed by atoms with Crippen molar-refractivity contribution in [2.75, 3.05) is 20.1 Å². The summed E-state index contributed by atoms with van der Waals surface area (Å²) in [6, 6.07) is 9.20. The third-order valence-corrected chi connectivity index (χ3v) is 4.73. The molecule has 0 saturated carbocycles. The maximum atomic E-state index is 12.7. The van der Waals surface area contributed by atoms with Crippen molar-refractivity contribution in [2.45, 2.75) is 39.2 Å². The number of nitrogens with two attached hydrogens (primary N) is 1. The number of hydrogen-bond acceptors (Lipinski definition) is 5. The van der Waals surface area contributed by atoms with Crippen molar-refractivity contribution in [3.63, 3.8) is 0 Å². The lowest BCUT2D eigenvalue weighted by atomic mass is 9.96. The van der Waals surface area contributed by atoms with Crippen molar-refractivity contribution in [2.24, 2.45) is 11.8 Å². The second kappa shape index (κ2) is 9.37. The van der Waals surface area contributed by atoms with Crippen LogP contribution in [0.2, 0.25) is 0 Å². The fourth-order valence-corrected chi connectivity index (χ4v) is 3.34. The van der Waals surface area contributed by atoms with Gasteiger partial charge in [0.15, 0.2) is 5.76 Å². The zero-order chi connectivity index (χ0) is 19.1. The van der Waals surface area contributed by atoms with Gasteiger partial charge in [-0.15, -0.1) is 0 Å². The van der Waals surface area contributed by atoms with Gasteiger partial charge >= 0.3 is 0 Å². The molecule has 0 spiro atoms. The summed E-state index contributed by atoms with van der Waals surface area (Å²) in [6.07, 6.45) is 2.26. The van der Waals surface area contributed by atoms with Crippen LogP contribution < -0.4 is 11.2 Å². The molecule has 0 unspecified atom stereocenters. The quantitative estimate of drug-likeness (QED) is 0.603. The molecular weight excluding hydrogens is 328 g/mol. The molecule has 1 heterocycles. The van der Waals surface area contributed by atoms with Crippen LogP contribution in [0, 0.1) is 17.2 Å². The monoisotopic (exact) mass is 356 g/mol. The van der Waals surface area contributed by atoms with E-state index >= 15 is 0 Å². The molecule has 140 valence electrons. The Hall–Kier alpha value is -2.36. The Morgan fingerprint density at radius 3 is 2.62 bits per heavy atom. The molecule has 3 N–H and O–H groups in total. The van der Waals surface area contributed by atoms with Crippen LogP contribution >= 0.6 is 0 Å². The van der Waals surface area contributed by atoms with Crippen molar-refractivity contribution in [3.8, 4) is 6.07 Å². The van der Waals surface area contributed by atoms with Crippen LogP contribution in [-0.2, 0) is 9.63 Å². The lowest BCUT2D eigenvalue weighted by Gasteiger charge is -2.32. The van der Waals surface area contributed by atoms with Crippen LogP contribution in [0.3, 0.4) is 0 Å². The van der Waals surface area contributed by atoms with Crippen molar-refractivity contribution in [1.82, 2.24) is 10.2 Å². The molecule has 0 bridgehead atoms. The van der Waals surface area contributed by atoms with Crippen LogP contribution in [0.5, 0.6) is 0 Å². The van der Waals surface area contributed by atoms with Crippen molar-refractivity contribution in [3.05, 3.63) is 41.0 Å². The minimum atomic E-state index is -0.141. The zero-order valence-electron chi connectivity index (χ0n) is 15.8. The first kappa shape index (κ1) is 20.0. The first-order chi connectivity index (χ1) is 12.5. The first-order valence-corrected chi connectivity index (χ1v) is 9.05. The van der Waals surface area contributed by atoms with Crippen molar-refractivity contribution < 1.29 is 9.63 Å². The normalized spacial score (nSPS) is 15.5. The van der Waals surface area contributed by atoms with Crippen molar-refractivity contribution >= 4 is 11.7 Å². The van der Waals surface area contributed by atoms with E-state index in [1.165, 1.54) is 0 Å². The first-order valence-electron chi connectivity index (χ1n) is 9.05. The Labute approximate surface area is 155 Å². The minimum Gasteiger partial charge on any atom is -0.411 e. The maximum absolute atomic E-state index is 12.7. The Bertz CT molecular complexity index is 696. The van der Waals surface area contributed by atoms with Gasteiger partial charge in [0.25, 0.3) is 0 Å². The summed E-state index contributed by atoms with van der Waals surface area (Å²) in [5.74, 6) is 6.74. The number of carbonyl (C=O) groups is 1. The summed E-state index contributed by atoms with van der Waals surface area (Å²) in [5.41, 5.74) is 2.45. The van der Waals surface area contributed by atoms with Crippen LogP contribution in [0.25, 0.3) is 5.76 Å². The molecule has 1 aliphatic rings. The standard InChI is InChI=1S/C20H28N4O2/c1-14(2)11-18(23-3)20(25)24-9-7-16(8-10-24)19(26-22)17-6-4-5-15(12-17)13-21/h4-6,12,14,18,23H,7-11,22H2,1-3H3/t18-/m0/s1. The number of likely N-dealkylation sites (N-methyl/N-ethyl adjacent to an activating group) is 1. The van der Waals surface area contributed by atoms with Gasteiger partial charge in [-0.1, -0.05) is 26.0 Å². The van der Waals surface area contributed by atoms with Crippen LogP contribution in [-0.4, -0.2) is 37.0 Å². The average molecular weight is 356 g/mol. The van der Waals surface area contributed by atoms with Gasteiger partial charge in [0.2, 0.25) is 5.91 Å². The Balaban J connectivity index is 2.11. The van der Waals surface area contributed by atoms with Crippen LogP contribution in [0.15, 0.2) is 29.8 Å². The van der Waals surface area contributed by atoms with Gasteiger partial charge in [-0.2, -0.15) is 11.2 Å². The molecule has 1 fully saturated rings. The smallest absolute Gasteiger partial charge is 0.239 e. The summed E-state index contributed by atoms with van der Waals surface area (Å²) >= 11 is 0. The van der Waals surface area contributed by atoms with Gasteiger partial charge in [-0.3, -0.25) is 4.79 Å². The zero-order valence-corrected chi connectivity index (χ0v) is 15.8. The van der Waals surface area contributed by atoms with Crippen LogP contribution in [0.1, 0.15) is 44.2 Å². The molecule has 1 aromatic rings. The number of nitrogens with zero attached hydrogens (tertiary/aromatic N) is 2. The van der Waals surface area contributed by atoms with Gasteiger partial charge in [0.1, 0.15) is 0 Å². The topological polar surface area (TPSA) is 91.4 Å². The highest BCUT2D eigenvalue weighted by Crippen LogP contribution is 2.27. The highest BCUT2D eigenvalue weighted by atomic mass is 16.6. The molecule has 26 heavy (non-hydrogen) atoms. The highest BCUT2D eigenvalue weighted by Gasteiger charge is 2.27. The molecule has 0 aromatic heterocycles. The van der Waals surface area contributed by atoms with Gasteiger partial charge < -0.3 is 15.1 Å². The van der Waals surface area contributed by atoms with E-state index in [1.54, 1.807) is 12.1 Å². The molecule has 1 atom stereocenters. The van der Waals surface area contributed by atoms with Crippen molar-refractivity contribution in [1.29, 1.82) is 5.26 Å². The number of amides is 1. The number of nitrogens with one attached hydrogen (secondary N) is 1. The third-order valence-electron chi connectivity index (χ3n) is 4.73. The predicted molar refractivity (Wildman–Crippen MR) is 101 cm³/mol. The molecule has 6 nitrogen and oxygen atoms in total. The van der Waals surface area contributed by atoms with E-state index in [1.807, 2.05) is 24.1 Å². The number of hydrogen-bond donors (Lipinski definition) is 2. The molecule has 1 aliphatic heterocycles. The number of likely N-dealkylation sites (tertiary alicyclic amines) is 1. The van der Waals surface area contributed by atoms with E-state index in [0.29, 0.717) is 43.2 Å². The number of benzene rings is 1. The summed E-state index contributed by atoms with van der Waals surface area (Å²) in [7, 11) is 1.84. The number of carbonyl (C=O) groups excluding carboxylic acids is 1. The van der Waals surface area contributed by atoms with E-state index in [9.17, 15) is 4.79 Å². The van der Waals surface area contributed by atoms with E-state index in [2.05, 4.69) is 25.2 Å². The molecular formula is C20H28N4O2. The largest absolute Gasteiger partial charge is 0.411 e. The second-order valence-corrected chi connectivity index (χ2v) is 7.04. The van der Waals surface area contributed by atoms with Gasteiger partial charge in [-0.05, 0) is 49.9 Å². The Morgan fingerprint density at radius 1 is 1.38 bits per heavy atom. The number of nitriles is 1. The molecule has 1 aromatic carbocycles. The molecule has 1 amide bonds. The SMILES string of the molecule is CN[C@@H](CC(C)C)C(=O)N1CCC(=C(ON)c2cccc(C#N)c2)CC1. The van der Waals surface area contributed by atoms with Gasteiger partial charge in [-0.25, -0.2) is 0 Å². The Kier molecular flexibility index (Phi) is 7.19. The Morgan fingerprint density at radius 2 is 2.08 bits per heavy atom. The predicted octanol–water partition coefficient (Wildman–Crippen LogP) is 2.42. The lowest BCUT2D eigenvalue weighted by molar-refractivity contribution is -0.134. The van der Waals surface area contributed by atoms with E-state index in [4.69, 9.17) is 16.0 Å². The second-order valence-electron chi connectivity index (χ2n) is 7.04. The number of piperidine rings is 1. The van der Waals surface area contributed by atoms with Gasteiger partial charge in [0.05, 0.1) is 17.7 Å². The fourth-order valence-electron chi connectivity index (χ4n) is 3.34. The molecule has 0 aliphatic carbocycles. The average Bonchev–Trinajstić information content (AvgIpc) is 2.66. The lowest BCUT2D eigenvalue weighted by Crippen LogP contribution is -2.48. The van der Waals surface area contributed by atoms with E-state index in [-0.39, 0.29) is 11.9 Å². The summed E-state index contributed by atoms with van der Waals surface area (Å²) in [4.78, 5) is 19.8. The third kappa shape index (κ3) is 4.84. The highest BCUT2D eigenvalue weighted by molar-refractivity contribution is 5.82. The molecule has 2 rings (SSSR count). The summed E-state index contributed by atoms with van der Waals surface area (Å²) in [6.45, 7) is 5.54. The minimum absolute atomic E-state index is 0.141. The van der Waals surface area contributed by atoms with E-state index in [0.717, 1.165) is 17.6 Å². The maximum Gasteiger partial charge on any atom is 0.239 e. The molecule has 1 saturated heterocycles. The van der Waals surface area contributed by atoms with Crippen LogP contribution in [0.4, 0.5) is 0 Å². The fraction of sp³-hybridized carbons (Fsp3) is 0.500. The number of rotatable bonds is 6. The summed E-state index contributed by atoms with van der Waals surface area (Å²) in [5, 5.41) is 12.2. The summed E-state index contributed by atoms with van der Waals surface area (Å²) < 4.78 is 0. The molecule has 6 heteroatoms.